The molecule has 2 aromatic heterocycles. The molecule has 3 aromatic rings. The summed E-state index contributed by atoms with van der Waals surface area (Å²) < 4.78 is 15.5. The zero-order chi connectivity index (χ0) is 12.7. The van der Waals surface area contributed by atoms with Crippen molar-refractivity contribution in [3.8, 4) is 11.4 Å². The van der Waals surface area contributed by atoms with Crippen LogP contribution in [-0.2, 0) is 7.05 Å². The summed E-state index contributed by atoms with van der Waals surface area (Å²) in [6, 6.07) is 9.35. The van der Waals surface area contributed by atoms with Gasteiger partial charge in [0.15, 0.2) is 5.82 Å². The van der Waals surface area contributed by atoms with E-state index in [-0.39, 0.29) is 0 Å². The highest BCUT2D eigenvalue weighted by Gasteiger charge is 2.15. The number of halogens is 1. The molecule has 5 heteroatoms. The van der Waals surface area contributed by atoms with Crippen molar-refractivity contribution in [1.29, 1.82) is 0 Å². The molecule has 0 atom stereocenters. The Morgan fingerprint density at radius 1 is 1.11 bits per heavy atom. The maximum Gasteiger partial charge on any atom is 0.242 e. The van der Waals surface area contributed by atoms with Gasteiger partial charge in [0.05, 0.1) is 5.69 Å². The van der Waals surface area contributed by atoms with Gasteiger partial charge in [-0.3, -0.25) is 4.68 Å². The van der Waals surface area contributed by atoms with Crippen molar-refractivity contribution in [1.82, 2.24) is 19.7 Å². The Morgan fingerprint density at radius 2 is 1.83 bits per heavy atom. The molecule has 0 N–H and O–H groups in total. The van der Waals surface area contributed by atoms with Gasteiger partial charge in [0.25, 0.3) is 0 Å². The SMILES string of the molecule is Cc1nn(C)c2c(F)nc(-c3ccccc3)nc12. The van der Waals surface area contributed by atoms with Gasteiger partial charge in [0.2, 0.25) is 5.95 Å². The van der Waals surface area contributed by atoms with Gasteiger partial charge >= 0.3 is 0 Å². The lowest BCUT2D eigenvalue weighted by atomic mass is 10.2. The Balaban J connectivity index is 2.31. The van der Waals surface area contributed by atoms with Gasteiger partial charge in [-0.15, -0.1) is 0 Å². The first-order chi connectivity index (χ1) is 8.66. The zero-order valence-corrected chi connectivity index (χ0v) is 10.1. The third-order valence-electron chi connectivity index (χ3n) is 2.84. The van der Waals surface area contributed by atoms with Crippen molar-refractivity contribution < 1.29 is 4.39 Å². The van der Waals surface area contributed by atoms with Crippen molar-refractivity contribution >= 4 is 11.0 Å². The lowest BCUT2D eigenvalue weighted by Gasteiger charge is -2.01. The van der Waals surface area contributed by atoms with Crippen LogP contribution in [0.3, 0.4) is 0 Å². The van der Waals surface area contributed by atoms with E-state index in [4.69, 9.17) is 0 Å². The fourth-order valence-corrected chi connectivity index (χ4v) is 2.01. The predicted molar refractivity (Wildman–Crippen MR) is 66.4 cm³/mol. The monoisotopic (exact) mass is 242 g/mol. The van der Waals surface area contributed by atoms with Crippen molar-refractivity contribution in [2.75, 3.05) is 0 Å². The minimum atomic E-state index is -0.540. The first-order valence-electron chi connectivity index (χ1n) is 5.59. The van der Waals surface area contributed by atoms with Crippen molar-refractivity contribution in [2.45, 2.75) is 6.92 Å². The van der Waals surface area contributed by atoms with Crippen molar-refractivity contribution in [2.24, 2.45) is 7.05 Å². The highest BCUT2D eigenvalue weighted by molar-refractivity contribution is 5.79. The molecule has 0 saturated heterocycles. The molecule has 0 aliphatic heterocycles. The fraction of sp³-hybridized carbons (Fsp3) is 0.154. The molecule has 0 fully saturated rings. The van der Waals surface area contributed by atoms with Crippen LogP contribution in [0.1, 0.15) is 5.69 Å². The molecule has 18 heavy (non-hydrogen) atoms. The van der Waals surface area contributed by atoms with Gasteiger partial charge < -0.3 is 0 Å². The molecule has 0 amide bonds. The van der Waals surface area contributed by atoms with Crippen LogP contribution in [0.25, 0.3) is 22.4 Å². The second-order valence-electron chi connectivity index (χ2n) is 4.11. The molecule has 0 saturated carbocycles. The Morgan fingerprint density at radius 3 is 2.56 bits per heavy atom. The summed E-state index contributed by atoms with van der Waals surface area (Å²) in [5, 5.41) is 4.16. The average Bonchev–Trinajstić information content (AvgIpc) is 2.66. The molecule has 0 spiro atoms. The van der Waals surface area contributed by atoms with Gasteiger partial charge in [-0.25, -0.2) is 4.98 Å². The Bertz CT molecular complexity index is 719. The number of fused-ring (bicyclic) bond motifs is 1. The van der Waals surface area contributed by atoms with Crippen LogP contribution in [0.15, 0.2) is 30.3 Å². The molecule has 90 valence electrons. The number of rotatable bonds is 1. The van der Waals surface area contributed by atoms with Crippen molar-refractivity contribution in [3.63, 3.8) is 0 Å². The molecular formula is C13H11FN4. The van der Waals surface area contributed by atoms with E-state index < -0.39 is 5.95 Å². The average molecular weight is 242 g/mol. The Labute approximate surface area is 103 Å². The second-order valence-corrected chi connectivity index (χ2v) is 4.11. The Kier molecular flexibility index (Phi) is 2.33. The van der Waals surface area contributed by atoms with Crippen LogP contribution in [0.5, 0.6) is 0 Å². The molecule has 0 aliphatic carbocycles. The summed E-state index contributed by atoms with van der Waals surface area (Å²) >= 11 is 0. The van der Waals surface area contributed by atoms with Gasteiger partial charge in [-0.2, -0.15) is 14.5 Å². The molecule has 4 nitrogen and oxygen atoms in total. The van der Waals surface area contributed by atoms with E-state index in [9.17, 15) is 4.39 Å². The third kappa shape index (κ3) is 1.55. The number of hydrogen-bond acceptors (Lipinski definition) is 3. The molecule has 2 heterocycles. The van der Waals surface area contributed by atoms with E-state index in [0.29, 0.717) is 22.6 Å². The van der Waals surface area contributed by atoms with E-state index in [1.165, 1.54) is 4.68 Å². The third-order valence-corrected chi connectivity index (χ3v) is 2.84. The summed E-state index contributed by atoms with van der Waals surface area (Å²) in [7, 11) is 1.68. The quantitative estimate of drug-likeness (QED) is 0.616. The summed E-state index contributed by atoms with van der Waals surface area (Å²) in [6.07, 6.45) is 0. The first-order valence-corrected chi connectivity index (χ1v) is 5.59. The molecule has 3 rings (SSSR count). The lowest BCUT2D eigenvalue weighted by Crippen LogP contribution is -1.98. The summed E-state index contributed by atoms with van der Waals surface area (Å²) in [5.74, 6) is -0.154. The summed E-state index contributed by atoms with van der Waals surface area (Å²) in [6.45, 7) is 1.81. The van der Waals surface area contributed by atoms with Crippen LogP contribution < -0.4 is 0 Å². The van der Waals surface area contributed by atoms with Gasteiger partial charge in [0.1, 0.15) is 11.0 Å². The Hall–Kier alpha value is -2.30. The normalized spacial score (nSPS) is 11.1. The van der Waals surface area contributed by atoms with Crippen LogP contribution >= 0.6 is 0 Å². The van der Waals surface area contributed by atoms with Crippen LogP contribution in [0.2, 0.25) is 0 Å². The summed E-state index contributed by atoms with van der Waals surface area (Å²) in [5.41, 5.74) is 2.39. The van der Waals surface area contributed by atoms with E-state index in [1.807, 2.05) is 37.3 Å². The number of benzene rings is 1. The van der Waals surface area contributed by atoms with Crippen LogP contribution in [0, 0.1) is 12.9 Å². The van der Waals surface area contributed by atoms with Gasteiger partial charge in [0, 0.05) is 12.6 Å². The summed E-state index contributed by atoms with van der Waals surface area (Å²) in [4.78, 5) is 8.30. The molecular weight excluding hydrogens is 231 g/mol. The van der Waals surface area contributed by atoms with Crippen molar-refractivity contribution in [3.05, 3.63) is 42.0 Å². The molecule has 0 unspecified atom stereocenters. The zero-order valence-electron chi connectivity index (χ0n) is 10.1. The standard InChI is InChI=1S/C13H11FN4/c1-8-10-11(18(2)17-8)12(14)16-13(15-10)9-6-4-3-5-7-9/h3-7H,1-2H3. The maximum absolute atomic E-state index is 14.0. The van der Waals surface area contributed by atoms with Crippen LogP contribution in [0.4, 0.5) is 4.39 Å². The van der Waals surface area contributed by atoms with E-state index in [1.54, 1.807) is 7.05 Å². The largest absolute Gasteiger partial charge is 0.261 e. The highest BCUT2D eigenvalue weighted by Crippen LogP contribution is 2.22. The smallest absolute Gasteiger partial charge is 0.242 e. The number of aryl methyl sites for hydroxylation is 2. The second kappa shape index (κ2) is 3.87. The van der Waals surface area contributed by atoms with E-state index in [2.05, 4.69) is 15.1 Å². The highest BCUT2D eigenvalue weighted by atomic mass is 19.1. The minimum Gasteiger partial charge on any atom is -0.261 e. The number of hydrogen-bond donors (Lipinski definition) is 0. The maximum atomic E-state index is 14.0. The van der Waals surface area contributed by atoms with Gasteiger partial charge in [-0.05, 0) is 6.92 Å². The van der Waals surface area contributed by atoms with E-state index >= 15 is 0 Å². The number of nitrogens with zero attached hydrogens (tertiary/aromatic N) is 4. The first kappa shape index (κ1) is 10.8. The molecule has 1 aromatic carbocycles. The van der Waals surface area contributed by atoms with Crippen LogP contribution in [-0.4, -0.2) is 19.7 Å². The fourth-order valence-electron chi connectivity index (χ4n) is 2.01. The minimum absolute atomic E-state index is 0.340. The lowest BCUT2D eigenvalue weighted by molar-refractivity contribution is 0.583. The topological polar surface area (TPSA) is 43.6 Å². The van der Waals surface area contributed by atoms with Gasteiger partial charge in [-0.1, -0.05) is 30.3 Å². The predicted octanol–water partition coefficient (Wildman–Crippen LogP) is 2.48. The number of aromatic nitrogens is 4. The molecule has 0 bridgehead atoms. The molecule has 0 radical (unpaired) electrons. The van der Waals surface area contributed by atoms with E-state index in [0.717, 1.165) is 5.56 Å². The molecule has 0 aliphatic rings.